The van der Waals surface area contributed by atoms with Gasteiger partial charge in [-0.25, -0.2) is 0 Å². The molecule has 1 aromatic rings. The number of benzene rings is 1. The molecular formula is C18H28N2O3. The zero-order valence-electron chi connectivity index (χ0n) is 14.2. The number of rotatable bonds is 9. The monoisotopic (exact) mass is 320 g/mol. The number of hydrogen-bond acceptors (Lipinski definition) is 5. The minimum Gasteiger partial charge on any atom is -0.497 e. The topological polar surface area (TPSA) is 43.0 Å². The van der Waals surface area contributed by atoms with Crippen molar-refractivity contribution in [2.75, 3.05) is 53.6 Å². The molecule has 0 radical (unpaired) electrons. The minimum atomic E-state index is 0.165. The zero-order valence-corrected chi connectivity index (χ0v) is 14.2. The van der Waals surface area contributed by atoms with Gasteiger partial charge in [-0.1, -0.05) is 6.08 Å². The summed E-state index contributed by atoms with van der Waals surface area (Å²) in [6, 6.07) is 6.07. The number of nitrogens with one attached hydrogen (secondary N) is 1. The highest BCUT2D eigenvalue weighted by Crippen LogP contribution is 2.31. The maximum Gasteiger partial charge on any atom is 0.123 e. The van der Waals surface area contributed by atoms with Crippen LogP contribution in [0.5, 0.6) is 11.5 Å². The first-order chi connectivity index (χ1) is 11.3. The summed E-state index contributed by atoms with van der Waals surface area (Å²) in [5.41, 5.74) is 1.11. The van der Waals surface area contributed by atoms with E-state index < -0.39 is 0 Å². The summed E-state index contributed by atoms with van der Waals surface area (Å²) in [5, 5.41) is 3.62. The maximum atomic E-state index is 5.51. The SMILES string of the molecule is C=CCC(NCCN1CCOCC1)c1cc(OC)ccc1OC. The molecule has 1 atom stereocenters. The summed E-state index contributed by atoms with van der Waals surface area (Å²) in [6.07, 6.45) is 2.78. The van der Waals surface area contributed by atoms with Crippen molar-refractivity contribution in [2.24, 2.45) is 0 Å². The standard InChI is InChI=1S/C18H28N2O3/c1-4-5-17(19-8-9-20-10-12-23-13-11-20)16-14-15(21-2)6-7-18(16)22-3/h4,6-7,14,17,19H,1,5,8-13H2,2-3H3. The lowest BCUT2D eigenvalue weighted by atomic mass is 10.0. The van der Waals surface area contributed by atoms with Crippen molar-refractivity contribution in [1.82, 2.24) is 10.2 Å². The predicted molar refractivity (Wildman–Crippen MR) is 92.4 cm³/mol. The van der Waals surface area contributed by atoms with Crippen molar-refractivity contribution in [3.63, 3.8) is 0 Å². The molecule has 1 aliphatic heterocycles. The van der Waals surface area contributed by atoms with Gasteiger partial charge >= 0.3 is 0 Å². The molecule has 1 heterocycles. The number of hydrogen-bond donors (Lipinski definition) is 1. The third-order valence-electron chi connectivity index (χ3n) is 4.14. The molecule has 5 nitrogen and oxygen atoms in total. The third kappa shape index (κ3) is 5.23. The number of methoxy groups -OCH3 is 2. The molecule has 0 bridgehead atoms. The fraction of sp³-hybridized carbons (Fsp3) is 0.556. The zero-order chi connectivity index (χ0) is 16.5. The van der Waals surface area contributed by atoms with Gasteiger partial charge in [0.2, 0.25) is 0 Å². The van der Waals surface area contributed by atoms with E-state index in [1.807, 2.05) is 24.3 Å². The summed E-state index contributed by atoms with van der Waals surface area (Å²) in [4.78, 5) is 2.42. The molecule has 1 aromatic carbocycles. The smallest absolute Gasteiger partial charge is 0.123 e. The van der Waals surface area contributed by atoms with Gasteiger partial charge in [0.25, 0.3) is 0 Å². The molecular weight excluding hydrogens is 292 g/mol. The van der Waals surface area contributed by atoms with E-state index in [2.05, 4.69) is 16.8 Å². The predicted octanol–water partition coefficient (Wildman–Crippen LogP) is 2.24. The highest BCUT2D eigenvalue weighted by atomic mass is 16.5. The van der Waals surface area contributed by atoms with Crippen LogP contribution >= 0.6 is 0 Å². The van der Waals surface area contributed by atoms with E-state index in [0.29, 0.717) is 0 Å². The molecule has 1 aliphatic rings. The van der Waals surface area contributed by atoms with Crippen molar-refractivity contribution >= 4 is 0 Å². The molecule has 0 aromatic heterocycles. The lowest BCUT2D eigenvalue weighted by Crippen LogP contribution is -2.40. The Bertz CT molecular complexity index is 487. The van der Waals surface area contributed by atoms with Crippen LogP contribution in [0.4, 0.5) is 0 Å². The van der Waals surface area contributed by atoms with Gasteiger partial charge in [-0.15, -0.1) is 6.58 Å². The number of morpholine rings is 1. The Morgan fingerprint density at radius 2 is 2.09 bits per heavy atom. The van der Waals surface area contributed by atoms with Crippen LogP contribution in [-0.4, -0.2) is 58.5 Å². The van der Waals surface area contributed by atoms with E-state index in [1.165, 1.54) is 0 Å². The molecule has 1 unspecified atom stereocenters. The summed E-state index contributed by atoms with van der Waals surface area (Å²) >= 11 is 0. The van der Waals surface area contributed by atoms with Crippen LogP contribution in [-0.2, 0) is 4.74 Å². The molecule has 2 rings (SSSR count). The molecule has 0 spiro atoms. The van der Waals surface area contributed by atoms with E-state index in [4.69, 9.17) is 14.2 Å². The van der Waals surface area contributed by atoms with Crippen LogP contribution in [0.2, 0.25) is 0 Å². The summed E-state index contributed by atoms with van der Waals surface area (Å²) in [5.74, 6) is 1.71. The van der Waals surface area contributed by atoms with Gasteiger partial charge in [0.1, 0.15) is 11.5 Å². The molecule has 23 heavy (non-hydrogen) atoms. The minimum absolute atomic E-state index is 0.165. The summed E-state index contributed by atoms with van der Waals surface area (Å²) in [6.45, 7) is 9.50. The van der Waals surface area contributed by atoms with Gasteiger partial charge < -0.3 is 19.5 Å². The van der Waals surface area contributed by atoms with E-state index in [-0.39, 0.29) is 6.04 Å². The maximum absolute atomic E-state index is 5.51. The molecule has 0 saturated carbocycles. The average Bonchev–Trinajstić information content (AvgIpc) is 2.61. The van der Waals surface area contributed by atoms with E-state index in [9.17, 15) is 0 Å². The lowest BCUT2D eigenvalue weighted by Gasteiger charge is -2.28. The highest BCUT2D eigenvalue weighted by Gasteiger charge is 2.17. The van der Waals surface area contributed by atoms with Crippen molar-refractivity contribution in [3.05, 3.63) is 36.4 Å². The molecule has 1 fully saturated rings. The second-order valence-corrected chi connectivity index (χ2v) is 5.59. The molecule has 128 valence electrons. The lowest BCUT2D eigenvalue weighted by molar-refractivity contribution is 0.0381. The Labute approximate surface area is 139 Å². The largest absolute Gasteiger partial charge is 0.497 e. The fourth-order valence-corrected chi connectivity index (χ4v) is 2.82. The van der Waals surface area contributed by atoms with Crippen LogP contribution < -0.4 is 14.8 Å². The molecule has 1 saturated heterocycles. The van der Waals surface area contributed by atoms with E-state index in [1.54, 1.807) is 14.2 Å². The van der Waals surface area contributed by atoms with Crippen molar-refractivity contribution in [2.45, 2.75) is 12.5 Å². The first-order valence-electron chi connectivity index (χ1n) is 8.14. The second kappa shape index (κ2) is 9.55. The van der Waals surface area contributed by atoms with Crippen LogP contribution in [0.15, 0.2) is 30.9 Å². The highest BCUT2D eigenvalue weighted by molar-refractivity contribution is 5.42. The Balaban J connectivity index is 2.00. The Morgan fingerprint density at radius 3 is 2.74 bits per heavy atom. The first kappa shape index (κ1) is 17.8. The van der Waals surface area contributed by atoms with Crippen molar-refractivity contribution < 1.29 is 14.2 Å². The summed E-state index contributed by atoms with van der Waals surface area (Å²) < 4.78 is 16.2. The Hall–Kier alpha value is -1.56. The van der Waals surface area contributed by atoms with Crippen molar-refractivity contribution in [1.29, 1.82) is 0 Å². The van der Waals surface area contributed by atoms with Crippen LogP contribution in [0.1, 0.15) is 18.0 Å². The van der Waals surface area contributed by atoms with Crippen molar-refractivity contribution in [3.8, 4) is 11.5 Å². The number of nitrogens with zero attached hydrogens (tertiary/aromatic N) is 1. The molecule has 1 N–H and O–H groups in total. The van der Waals surface area contributed by atoms with Gasteiger partial charge in [0.05, 0.1) is 27.4 Å². The molecule has 0 aliphatic carbocycles. The summed E-state index contributed by atoms with van der Waals surface area (Å²) in [7, 11) is 3.38. The fourth-order valence-electron chi connectivity index (χ4n) is 2.82. The normalized spacial score (nSPS) is 16.8. The number of ether oxygens (including phenoxy) is 3. The Kier molecular flexibility index (Phi) is 7.39. The van der Waals surface area contributed by atoms with Gasteiger partial charge in [0, 0.05) is 37.8 Å². The quantitative estimate of drug-likeness (QED) is 0.707. The average molecular weight is 320 g/mol. The van der Waals surface area contributed by atoms with E-state index in [0.717, 1.165) is 62.9 Å². The molecule has 5 heteroatoms. The van der Waals surface area contributed by atoms with Gasteiger partial charge in [-0.3, -0.25) is 4.90 Å². The van der Waals surface area contributed by atoms with Gasteiger partial charge in [-0.2, -0.15) is 0 Å². The Morgan fingerprint density at radius 1 is 1.30 bits per heavy atom. The first-order valence-corrected chi connectivity index (χ1v) is 8.14. The van der Waals surface area contributed by atoms with Crippen LogP contribution in [0.3, 0.4) is 0 Å². The van der Waals surface area contributed by atoms with Crippen LogP contribution in [0.25, 0.3) is 0 Å². The van der Waals surface area contributed by atoms with Gasteiger partial charge in [0.15, 0.2) is 0 Å². The third-order valence-corrected chi connectivity index (χ3v) is 4.14. The van der Waals surface area contributed by atoms with Crippen LogP contribution in [0, 0.1) is 0 Å². The van der Waals surface area contributed by atoms with Gasteiger partial charge in [-0.05, 0) is 24.6 Å². The second-order valence-electron chi connectivity index (χ2n) is 5.59. The van der Waals surface area contributed by atoms with E-state index >= 15 is 0 Å². The molecule has 0 amide bonds.